The monoisotopic (exact) mass is 337 g/mol. The highest BCUT2D eigenvalue weighted by Gasteiger charge is 2.36. The average Bonchev–Trinajstić information content (AvgIpc) is 3.05. The van der Waals surface area contributed by atoms with E-state index in [0.717, 1.165) is 5.69 Å². The van der Waals surface area contributed by atoms with Gasteiger partial charge in [0.25, 0.3) is 5.90 Å². The Morgan fingerprint density at radius 1 is 1.23 bits per heavy atom. The molecule has 0 aliphatic carbocycles. The summed E-state index contributed by atoms with van der Waals surface area (Å²) < 4.78 is 7.73. The van der Waals surface area contributed by atoms with Crippen molar-refractivity contribution in [2.75, 3.05) is 0 Å². The van der Waals surface area contributed by atoms with Crippen molar-refractivity contribution in [3.63, 3.8) is 0 Å². The maximum Gasteiger partial charge on any atom is 0.257 e. The van der Waals surface area contributed by atoms with Crippen LogP contribution in [0.2, 0.25) is 10.0 Å². The Morgan fingerprint density at radius 3 is 2.45 bits per heavy atom. The van der Waals surface area contributed by atoms with E-state index in [-0.39, 0.29) is 5.91 Å². The van der Waals surface area contributed by atoms with E-state index < -0.39 is 6.23 Å². The van der Waals surface area contributed by atoms with E-state index in [1.807, 2.05) is 29.9 Å². The van der Waals surface area contributed by atoms with Crippen LogP contribution in [0, 0.1) is 0 Å². The van der Waals surface area contributed by atoms with Crippen molar-refractivity contribution in [1.82, 2.24) is 9.58 Å². The van der Waals surface area contributed by atoms with Crippen LogP contribution in [0.4, 0.5) is 0 Å². The molecule has 0 radical (unpaired) electrons. The van der Waals surface area contributed by atoms with Gasteiger partial charge >= 0.3 is 0 Å². The van der Waals surface area contributed by atoms with Gasteiger partial charge in [0, 0.05) is 20.2 Å². The largest absolute Gasteiger partial charge is 0.445 e. The van der Waals surface area contributed by atoms with E-state index in [1.165, 1.54) is 11.9 Å². The summed E-state index contributed by atoms with van der Waals surface area (Å²) in [6, 6.07) is 8.86. The summed E-state index contributed by atoms with van der Waals surface area (Å²) in [6.07, 6.45) is 1.10. The predicted octanol–water partition coefficient (Wildman–Crippen LogP) is 3.57. The van der Waals surface area contributed by atoms with E-state index in [2.05, 4.69) is 5.10 Å². The summed E-state index contributed by atoms with van der Waals surface area (Å²) in [5, 5.41) is 6.36. The van der Waals surface area contributed by atoms with Crippen LogP contribution < -0.4 is 0 Å². The molecule has 22 heavy (non-hydrogen) atoms. The molecular formula is C15H13Cl2N3O2. The van der Waals surface area contributed by atoms with Crippen LogP contribution in [0.3, 0.4) is 0 Å². The number of hydrogen-bond donors (Lipinski definition) is 0. The topological polar surface area (TPSA) is 46.8 Å². The lowest BCUT2D eigenvalue weighted by Gasteiger charge is -2.21. The number of carbonyl (C=O) groups is 1. The number of rotatable bonds is 2. The van der Waals surface area contributed by atoms with Crippen LogP contribution >= 0.6 is 23.2 Å². The van der Waals surface area contributed by atoms with Crippen LogP contribution in [0.25, 0.3) is 0 Å². The number of halogens is 2. The van der Waals surface area contributed by atoms with E-state index >= 15 is 0 Å². The van der Waals surface area contributed by atoms with Gasteiger partial charge in [-0.2, -0.15) is 5.01 Å². The maximum atomic E-state index is 11.9. The fraction of sp³-hybridized carbons (Fsp3) is 0.200. The summed E-state index contributed by atoms with van der Waals surface area (Å²) in [6.45, 7) is 1.42. The Balaban J connectivity index is 2.04. The lowest BCUT2D eigenvalue weighted by atomic mass is 10.2. The van der Waals surface area contributed by atoms with E-state index in [0.29, 0.717) is 21.5 Å². The lowest BCUT2D eigenvalue weighted by molar-refractivity contribution is -0.135. The molecule has 0 N–H and O–H groups in total. The van der Waals surface area contributed by atoms with Gasteiger partial charge in [-0.05, 0) is 24.3 Å². The molecule has 2 heterocycles. The molecule has 7 heteroatoms. The van der Waals surface area contributed by atoms with E-state index in [1.54, 1.807) is 18.2 Å². The summed E-state index contributed by atoms with van der Waals surface area (Å²) >= 11 is 12.4. The molecule has 0 saturated carbocycles. The quantitative estimate of drug-likeness (QED) is 0.840. The minimum absolute atomic E-state index is 0.259. The molecule has 2 aromatic rings. The van der Waals surface area contributed by atoms with Gasteiger partial charge in [0.2, 0.25) is 12.1 Å². The summed E-state index contributed by atoms with van der Waals surface area (Å²) in [5.41, 5.74) is 1.28. The molecule has 0 fully saturated rings. The molecule has 1 aromatic heterocycles. The second-order valence-corrected chi connectivity index (χ2v) is 5.69. The first-order chi connectivity index (χ1) is 10.5. The average molecular weight is 338 g/mol. The minimum atomic E-state index is -0.774. The van der Waals surface area contributed by atoms with Gasteiger partial charge in [0.15, 0.2) is 0 Å². The van der Waals surface area contributed by atoms with E-state index in [9.17, 15) is 4.79 Å². The summed E-state index contributed by atoms with van der Waals surface area (Å²) in [4.78, 5) is 11.9. The third kappa shape index (κ3) is 2.46. The van der Waals surface area contributed by atoms with Crippen LogP contribution in [-0.2, 0) is 16.6 Å². The first-order valence-electron chi connectivity index (χ1n) is 6.59. The SMILES string of the molecule is CC(=O)N1N=C(c2cccn2C)OC1c1c(Cl)cccc1Cl. The standard InChI is InChI=1S/C15H13Cl2N3O2/c1-9(21)20-15(13-10(16)5-3-6-11(13)17)22-14(18-20)12-7-4-8-19(12)2/h3-8,15H,1-2H3. The van der Waals surface area contributed by atoms with Crippen LogP contribution in [0.1, 0.15) is 24.4 Å². The Bertz CT molecular complexity index is 750. The number of aryl methyl sites for hydroxylation is 1. The first kappa shape index (κ1) is 14.9. The minimum Gasteiger partial charge on any atom is -0.445 e. The second-order valence-electron chi connectivity index (χ2n) is 4.88. The molecule has 1 aliphatic rings. The Morgan fingerprint density at radius 2 is 1.91 bits per heavy atom. The van der Waals surface area contributed by atoms with Crippen molar-refractivity contribution < 1.29 is 9.53 Å². The fourth-order valence-electron chi connectivity index (χ4n) is 2.29. The number of aromatic nitrogens is 1. The molecule has 1 unspecified atom stereocenters. The molecule has 3 rings (SSSR count). The van der Waals surface area contributed by atoms with Crippen molar-refractivity contribution in [1.29, 1.82) is 0 Å². The van der Waals surface area contributed by atoms with Gasteiger partial charge in [0.1, 0.15) is 5.69 Å². The zero-order valence-corrected chi connectivity index (χ0v) is 13.5. The lowest BCUT2D eigenvalue weighted by Crippen LogP contribution is -2.25. The van der Waals surface area contributed by atoms with Gasteiger partial charge in [0.05, 0.1) is 15.6 Å². The number of carbonyl (C=O) groups excluding carboxylic acids is 1. The number of hydrogen-bond acceptors (Lipinski definition) is 3. The molecule has 1 atom stereocenters. The number of hydrazone groups is 1. The van der Waals surface area contributed by atoms with Gasteiger partial charge in [-0.15, -0.1) is 5.10 Å². The molecule has 1 aliphatic heterocycles. The van der Waals surface area contributed by atoms with Crippen molar-refractivity contribution in [3.05, 3.63) is 57.8 Å². The molecular weight excluding hydrogens is 325 g/mol. The van der Waals surface area contributed by atoms with Gasteiger partial charge < -0.3 is 9.30 Å². The molecule has 1 aromatic carbocycles. The van der Waals surface area contributed by atoms with Crippen LogP contribution in [-0.4, -0.2) is 21.4 Å². The Labute approximate surface area is 137 Å². The zero-order valence-electron chi connectivity index (χ0n) is 12.0. The molecule has 5 nitrogen and oxygen atoms in total. The highest BCUT2D eigenvalue weighted by molar-refractivity contribution is 6.36. The van der Waals surface area contributed by atoms with Crippen molar-refractivity contribution in [3.8, 4) is 0 Å². The summed E-state index contributed by atoms with van der Waals surface area (Å²) in [5.74, 6) is 0.0916. The van der Waals surface area contributed by atoms with Crippen molar-refractivity contribution >= 4 is 35.0 Å². The highest BCUT2D eigenvalue weighted by atomic mass is 35.5. The Kier molecular flexibility index (Phi) is 3.85. The Hall–Kier alpha value is -1.98. The normalized spacial score (nSPS) is 17.4. The number of nitrogens with zero attached hydrogens (tertiary/aromatic N) is 3. The maximum absolute atomic E-state index is 11.9. The molecule has 0 spiro atoms. The molecule has 1 amide bonds. The first-order valence-corrected chi connectivity index (χ1v) is 7.35. The fourth-order valence-corrected chi connectivity index (χ4v) is 2.87. The van der Waals surface area contributed by atoms with Crippen LogP contribution in [0.15, 0.2) is 41.6 Å². The van der Waals surface area contributed by atoms with Crippen molar-refractivity contribution in [2.45, 2.75) is 13.2 Å². The van der Waals surface area contributed by atoms with E-state index in [4.69, 9.17) is 27.9 Å². The van der Waals surface area contributed by atoms with Gasteiger partial charge in [-0.1, -0.05) is 29.3 Å². The number of benzene rings is 1. The third-order valence-electron chi connectivity index (χ3n) is 3.38. The highest BCUT2D eigenvalue weighted by Crippen LogP contribution is 2.38. The van der Waals surface area contributed by atoms with Crippen molar-refractivity contribution in [2.24, 2.45) is 12.1 Å². The molecule has 0 bridgehead atoms. The molecule has 0 saturated heterocycles. The predicted molar refractivity (Wildman–Crippen MR) is 84.8 cm³/mol. The van der Waals surface area contributed by atoms with Gasteiger partial charge in [-0.3, -0.25) is 4.79 Å². The third-order valence-corrected chi connectivity index (χ3v) is 4.04. The number of ether oxygens (including phenoxy) is 1. The second kappa shape index (κ2) is 5.66. The van der Waals surface area contributed by atoms with Crippen LogP contribution in [0.5, 0.6) is 0 Å². The zero-order chi connectivity index (χ0) is 15.9. The van der Waals surface area contributed by atoms with Gasteiger partial charge in [-0.25, -0.2) is 0 Å². The summed E-state index contributed by atoms with van der Waals surface area (Å²) in [7, 11) is 1.87. The molecule has 114 valence electrons. The number of amides is 1. The smallest absolute Gasteiger partial charge is 0.257 e.